The zero-order valence-electron chi connectivity index (χ0n) is 10.0. The Balaban J connectivity index is 2.67. The van der Waals surface area contributed by atoms with Gasteiger partial charge in [-0.25, -0.2) is 8.42 Å². The number of sulfone groups is 1. The molecule has 0 N–H and O–H groups in total. The summed E-state index contributed by atoms with van der Waals surface area (Å²) >= 11 is 0. The van der Waals surface area contributed by atoms with Crippen molar-refractivity contribution in [2.24, 2.45) is 0 Å². The zero-order chi connectivity index (χ0) is 13.1. The normalized spacial score (nSPS) is 11.0. The maximum Gasteiger partial charge on any atom is 0.259 e. The highest BCUT2D eigenvalue weighted by molar-refractivity contribution is 7.90. The van der Waals surface area contributed by atoms with Crippen LogP contribution in [0.25, 0.3) is 0 Å². The van der Waals surface area contributed by atoms with Gasteiger partial charge in [0, 0.05) is 20.4 Å². The van der Waals surface area contributed by atoms with Crippen molar-refractivity contribution in [1.29, 1.82) is 0 Å². The Morgan fingerprint density at radius 2 is 1.76 bits per heavy atom. The maximum absolute atomic E-state index is 11.2. The second kappa shape index (κ2) is 5.18. The highest BCUT2D eigenvalue weighted by Crippen LogP contribution is 2.15. The fourth-order valence-corrected chi connectivity index (χ4v) is 1.69. The number of carbonyl (C=O) groups excluding carboxylic acids is 1. The fourth-order valence-electron chi connectivity index (χ4n) is 1.06. The standard InChI is InChI=1S/C11H15NO4S/c1-12(2)11(13)8-16-9-4-6-10(7-5-9)17(3,14)15/h4-7H,8H2,1-3H3. The predicted octanol–water partition coefficient (Wildman–Crippen LogP) is 0.557. The Hall–Kier alpha value is -1.56. The van der Waals surface area contributed by atoms with Gasteiger partial charge in [0.1, 0.15) is 5.75 Å². The summed E-state index contributed by atoms with van der Waals surface area (Å²) in [7, 11) is 0.0797. The highest BCUT2D eigenvalue weighted by atomic mass is 32.2. The van der Waals surface area contributed by atoms with Gasteiger partial charge in [-0.05, 0) is 24.3 Å². The quantitative estimate of drug-likeness (QED) is 0.790. The summed E-state index contributed by atoms with van der Waals surface area (Å²) in [6.45, 7) is -0.0643. The molecule has 1 amide bonds. The molecule has 1 rings (SSSR count). The summed E-state index contributed by atoms with van der Waals surface area (Å²) in [6, 6.07) is 5.95. The molecule has 1 aromatic carbocycles. The summed E-state index contributed by atoms with van der Waals surface area (Å²) in [4.78, 5) is 12.9. The van der Waals surface area contributed by atoms with Crippen LogP contribution in [-0.4, -0.2) is 46.2 Å². The number of likely N-dealkylation sites (N-methyl/N-ethyl adjacent to an activating group) is 1. The van der Waals surface area contributed by atoms with Crippen LogP contribution in [0, 0.1) is 0 Å². The lowest BCUT2D eigenvalue weighted by Crippen LogP contribution is -2.27. The summed E-state index contributed by atoms with van der Waals surface area (Å²) < 4.78 is 27.6. The van der Waals surface area contributed by atoms with Crippen LogP contribution in [0.3, 0.4) is 0 Å². The molecule has 94 valence electrons. The van der Waals surface area contributed by atoms with Gasteiger partial charge in [0.15, 0.2) is 16.4 Å². The number of hydrogen-bond acceptors (Lipinski definition) is 4. The number of carbonyl (C=O) groups is 1. The van der Waals surface area contributed by atoms with Crippen LogP contribution < -0.4 is 4.74 Å². The first-order valence-electron chi connectivity index (χ1n) is 4.94. The number of nitrogens with zero attached hydrogens (tertiary/aromatic N) is 1. The Kier molecular flexibility index (Phi) is 4.11. The number of hydrogen-bond donors (Lipinski definition) is 0. The number of benzene rings is 1. The van der Waals surface area contributed by atoms with Gasteiger partial charge in [-0.2, -0.15) is 0 Å². The SMILES string of the molecule is CN(C)C(=O)COc1ccc(S(C)(=O)=O)cc1. The van der Waals surface area contributed by atoms with Crippen molar-refractivity contribution in [3.05, 3.63) is 24.3 Å². The van der Waals surface area contributed by atoms with E-state index in [4.69, 9.17) is 4.74 Å². The van der Waals surface area contributed by atoms with Gasteiger partial charge in [-0.3, -0.25) is 4.79 Å². The molecular formula is C11H15NO4S. The van der Waals surface area contributed by atoms with E-state index in [1.54, 1.807) is 14.1 Å². The minimum absolute atomic E-state index is 0.0643. The van der Waals surface area contributed by atoms with Crippen LogP contribution in [0.5, 0.6) is 5.75 Å². The fraction of sp³-hybridized carbons (Fsp3) is 0.364. The summed E-state index contributed by atoms with van der Waals surface area (Å²) in [5.74, 6) is 0.310. The van der Waals surface area contributed by atoms with Gasteiger partial charge in [-0.1, -0.05) is 0 Å². The minimum Gasteiger partial charge on any atom is -0.484 e. The average molecular weight is 257 g/mol. The number of rotatable bonds is 4. The van der Waals surface area contributed by atoms with E-state index in [-0.39, 0.29) is 17.4 Å². The first kappa shape index (κ1) is 13.5. The van der Waals surface area contributed by atoms with E-state index in [0.29, 0.717) is 5.75 Å². The molecule has 0 atom stereocenters. The van der Waals surface area contributed by atoms with Crippen molar-refractivity contribution < 1.29 is 17.9 Å². The van der Waals surface area contributed by atoms with E-state index >= 15 is 0 Å². The monoisotopic (exact) mass is 257 g/mol. The molecule has 0 spiro atoms. The van der Waals surface area contributed by atoms with Crippen molar-refractivity contribution in [2.45, 2.75) is 4.90 Å². The third-order valence-corrected chi connectivity index (χ3v) is 3.24. The van der Waals surface area contributed by atoms with E-state index in [1.165, 1.54) is 29.2 Å². The lowest BCUT2D eigenvalue weighted by molar-refractivity contribution is -0.130. The molecule has 0 aromatic heterocycles. The molecule has 5 nitrogen and oxygen atoms in total. The second-order valence-corrected chi connectivity index (χ2v) is 5.84. The molecule has 0 aliphatic heterocycles. The van der Waals surface area contributed by atoms with Crippen molar-refractivity contribution in [1.82, 2.24) is 4.90 Å². The number of amides is 1. The van der Waals surface area contributed by atoms with Gasteiger partial charge in [0.2, 0.25) is 0 Å². The lowest BCUT2D eigenvalue weighted by Gasteiger charge is -2.11. The molecule has 0 bridgehead atoms. The Labute approximate surface area is 101 Å². The van der Waals surface area contributed by atoms with Gasteiger partial charge < -0.3 is 9.64 Å². The highest BCUT2D eigenvalue weighted by Gasteiger charge is 2.08. The summed E-state index contributed by atoms with van der Waals surface area (Å²) in [6.07, 6.45) is 1.14. The van der Waals surface area contributed by atoms with Crippen molar-refractivity contribution in [2.75, 3.05) is 27.0 Å². The van der Waals surface area contributed by atoms with Crippen LogP contribution in [0.1, 0.15) is 0 Å². The van der Waals surface area contributed by atoms with E-state index < -0.39 is 9.84 Å². The molecule has 0 aliphatic carbocycles. The smallest absolute Gasteiger partial charge is 0.259 e. The molecule has 0 aliphatic rings. The Bertz CT molecular complexity index is 491. The molecule has 0 heterocycles. The topological polar surface area (TPSA) is 63.7 Å². The van der Waals surface area contributed by atoms with E-state index in [1.807, 2.05) is 0 Å². The predicted molar refractivity (Wildman–Crippen MR) is 63.7 cm³/mol. The third-order valence-electron chi connectivity index (χ3n) is 2.11. The molecule has 0 fully saturated rings. The van der Waals surface area contributed by atoms with E-state index in [2.05, 4.69) is 0 Å². The van der Waals surface area contributed by atoms with Crippen molar-refractivity contribution in [3.63, 3.8) is 0 Å². The largest absolute Gasteiger partial charge is 0.484 e. The zero-order valence-corrected chi connectivity index (χ0v) is 10.8. The average Bonchev–Trinajstić information content (AvgIpc) is 2.25. The number of ether oxygens (including phenoxy) is 1. The van der Waals surface area contributed by atoms with Crippen LogP contribution in [0.15, 0.2) is 29.2 Å². The Morgan fingerprint density at radius 3 is 2.18 bits per heavy atom. The van der Waals surface area contributed by atoms with Crippen LogP contribution in [0.2, 0.25) is 0 Å². The van der Waals surface area contributed by atoms with Gasteiger partial charge in [0.25, 0.3) is 5.91 Å². The molecular weight excluding hydrogens is 242 g/mol. The molecule has 0 saturated heterocycles. The van der Waals surface area contributed by atoms with Crippen LogP contribution >= 0.6 is 0 Å². The molecule has 0 saturated carbocycles. The molecule has 17 heavy (non-hydrogen) atoms. The van der Waals surface area contributed by atoms with E-state index in [9.17, 15) is 13.2 Å². The van der Waals surface area contributed by atoms with Crippen molar-refractivity contribution in [3.8, 4) is 5.75 Å². The lowest BCUT2D eigenvalue weighted by atomic mass is 10.3. The summed E-state index contributed by atoms with van der Waals surface area (Å²) in [5.41, 5.74) is 0. The van der Waals surface area contributed by atoms with Crippen LogP contribution in [-0.2, 0) is 14.6 Å². The van der Waals surface area contributed by atoms with Gasteiger partial charge >= 0.3 is 0 Å². The molecule has 0 unspecified atom stereocenters. The third kappa shape index (κ3) is 4.07. The van der Waals surface area contributed by atoms with Gasteiger partial charge in [-0.15, -0.1) is 0 Å². The second-order valence-electron chi connectivity index (χ2n) is 3.82. The first-order valence-corrected chi connectivity index (χ1v) is 6.83. The molecule has 6 heteroatoms. The molecule has 0 radical (unpaired) electrons. The molecule has 1 aromatic rings. The van der Waals surface area contributed by atoms with E-state index in [0.717, 1.165) is 6.26 Å². The van der Waals surface area contributed by atoms with Crippen LogP contribution in [0.4, 0.5) is 0 Å². The first-order chi connectivity index (χ1) is 7.80. The summed E-state index contributed by atoms with van der Waals surface area (Å²) in [5, 5.41) is 0. The Morgan fingerprint density at radius 1 is 1.24 bits per heavy atom. The van der Waals surface area contributed by atoms with Crippen molar-refractivity contribution >= 4 is 15.7 Å². The minimum atomic E-state index is -3.20. The van der Waals surface area contributed by atoms with Gasteiger partial charge in [0.05, 0.1) is 4.90 Å². The maximum atomic E-state index is 11.2.